The molecule has 7 heteroatoms. The predicted octanol–water partition coefficient (Wildman–Crippen LogP) is 1.47. The molecule has 0 aromatic rings. The van der Waals surface area contributed by atoms with Crippen LogP contribution in [0, 0.1) is 5.41 Å². The van der Waals surface area contributed by atoms with E-state index in [2.05, 4.69) is 5.32 Å². The highest BCUT2D eigenvalue weighted by atomic mass is 19.4. The summed E-state index contributed by atoms with van der Waals surface area (Å²) in [5, 5.41) is 3.28. The fourth-order valence-electron chi connectivity index (χ4n) is 3.30. The molecule has 2 saturated heterocycles. The molecule has 0 aromatic heterocycles. The second-order valence-electron chi connectivity index (χ2n) is 6.10. The largest absolute Gasteiger partial charge is 0.401 e. The lowest BCUT2D eigenvalue weighted by Crippen LogP contribution is -2.57. The van der Waals surface area contributed by atoms with Gasteiger partial charge < -0.3 is 10.2 Å². The zero-order valence-corrected chi connectivity index (χ0v) is 12.5. The van der Waals surface area contributed by atoms with E-state index in [0.29, 0.717) is 32.7 Å². The number of hydrogen-bond donors (Lipinski definition) is 1. The number of halogens is 3. The van der Waals surface area contributed by atoms with Gasteiger partial charge in [-0.25, -0.2) is 0 Å². The Labute approximate surface area is 123 Å². The smallest absolute Gasteiger partial charge is 0.340 e. The van der Waals surface area contributed by atoms with E-state index in [0.717, 1.165) is 25.8 Å². The maximum atomic E-state index is 12.7. The van der Waals surface area contributed by atoms with Crippen LogP contribution in [-0.2, 0) is 4.79 Å². The first kappa shape index (κ1) is 16.5. The van der Waals surface area contributed by atoms with Crippen LogP contribution >= 0.6 is 0 Å². The van der Waals surface area contributed by atoms with E-state index >= 15 is 0 Å². The maximum Gasteiger partial charge on any atom is 0.401 e. The van der Waals surface area contributed by atoms with Crippen LogP contribution in [0.5, 0.6) is 0 Å². The maximum absolute atomic E-state index is 12.7. The molecule has 0 radical (unpaired) electrons. The average molecular weight is 307 g/mol. The lowest BCUT2D eigenvalue weighted by molar-refractivity contribution is -0.155. The topological polar surface area (TPSA) is 35.6 Å². The van der Waals surface area contributed by atoms with E-state index in [-0.39, 0.29) is 11.3 Å². The summed E-state index contributed by atoms with van der Waals surface area (Å²) in [5.41, 5.74) is -0.357. The van der Waals surface area contributed by atoms with Gasteiger partial charge in [0.2, 0.25) is 5.91 Å². The average Bonchev–Trinajstić information content (AvgIpc) is 2.46. The Morgan fingerprint density at radius 2 is 1.90 bits per heavy atom. The first-order valence-electron chi connectivity index (χ1n) is 7.65. The van der Waals surface area contributed by atoms with Crippen molar-refractivity contribution >= 4 is 5.91 Å². The summed E-state index contributed by atoms with van der Waals surface area (Å²) in [6.45, 7) is 4.17. The Hall–Kier alpha value is -0.820. The summed E-state index contributed by atoms with van der Waals surface area (Å²) >= 11 is 0. The minimum atomic E-state index is -4.16. The number of nitrogens with zero attached hydrogens (tertiary/aromatic N) is 2. The number of hydrogen-bond acceptors (Lipinski definition) is 3. The Morgan fingerprint density at radius 3 is 2.38 bits per heavy atom. The lowest BCUT2D eigenvalue weighted by Gasteiger charge is -2.42. The van der Waals surface area contributed by atoms with Gasteiger partial charge >= 0.3 is 6.18 Å². The first-order valence-corrected chi connectivity index (χ1v) is 7.65. The third-order valence-electron chi connectivity index (χ3n) is 4.67. The van der Waals surface area contributed by atoms with E-state index in [1.807, 2.05) is 6.92 Å². The molecular formula is C14H24F3N3O. The van der Waals surface area contributed by atoms with Gasteiger partial charge in [0.05, 0.1) is 12.0 Å². The lowest BCUT2D eigenvalue weighted by atomic mass is 9.77. The molecule has 2 aliphatic rings. The number of amides is 1. The zero-order valence-electron chi connectivity index (χ0n) is 12.5. The van der Waals surface area contributed by atoms with Crippen LogP contribution in [0.1, 0.15) is 26.2 Å². The Balaban J connectivity index is 1.90. The monoisotopic (exact) mass is 307 g/mol. The van der Waals surface area contributed by atoms with E-state index in [1.165, 1.54) is 4.90 Å². The summed E-state index contributed by atoms with van der Waals surface area (Å²) in [7, 11) is 0. The number of carbonyl (C=O) groups excluding carboxylic acids is 1. The third-order valence-corrected chi connectivity index (χ3v) is 4.67. The van der Waals surface area contributed by atoms with Gasteiger partial charge in [0.15, 0.2) is 0 Å². The summed E-state index contributed by atoms with van der Waals surface area (Å²) in [5.74, 6) is 0.115. The van der Waals surface area contributed by atoms with Crippen molar-refractivity contribution in [2.45, 2.75) is 32.4 Å². The molecule has 2 fully saturated rings. The molecule has 0 spiro atoms. The molecule has 1 amide bonds. The normalized spacial score (nSPS) is 28.7. The van der Waals surface area contributed by atoms with Crippen LogP contribution in [0.3, 0.4) is 0 Å². The Kier molecular flexibility index (Phi) is 5.14. The summed E-state index contributed by atoms with van der Waals surface area (Å²) in [4.78, 5) is 15.9. The number of carbonyl (C=O) groups is 1. The Morgan fingerprint density at radius 1 is 1.24 bits per heavy atom. The van der Waals surface area contributed by atoms with E-state index in [1.54, 1.807) is 4.90 Å². The number of nitrogens with one attached hydrogen (secondary N) is 1. The second kappa shape index (κ2) is 6.52. The highest BCUT2D eigenvalue weighted by Crippen LogP contribution is 2.32. The molecule has 0 aromatic carbocycles. The van der Waals surface area contributed by atoms with Gasteiger partial charge in [0.1, 0.15) is 0 Å². The van der Waals surface area contributed by atoms with E-state index < -0.39 is 12.7 Å². The van der Waals surface area contributed by atoms with Gasteiger partial charge in [-0.15, -0.1) is 0 Å². The van der Waals surface area contributed by atoms with Crippen LogP contribution in [0.25, 0.3) is 0 Å². The Bertz CT molecular complexity index is 359. The molecule has 1 unspecified atom stereocenters. The summed E-state index contributed by atoms with van der Waals surface area (Å²) in [6, 6.07) is 0. The molecule has 2 aliphatic heterocycles. The standard InChI is InChI=1S/C14H24F3N3O/c1-2-13(4-3-5-18-10-13)12(21)20-8-6-19(7-9-20)11-14(15,16)17/h18H,2-11H2,1H3. The van der Waals surface area contributed by atoms with Crippen molar-refractivity contribution in [2.75, 3.05) is 45.8 Å². The van der Waals surface area contributed by atoms with Crippen molar-refractivity contribution in [1.82, 2.24) is 15.1 Å². The van der Waals surface area contributed by atoms with Crippen LogP contribution in [0.15, 0.2) is 0 Å². The summed E-state index contributed by atoms with van der Waals surface area (Å²) < 4.78 is 37.1. The third kappa shape index (κ3) is 4.10. The molecular weight excluding hydrogens is 283 g/mol. The number of piperidine rings is 1. The fraction of sp³-hybridized carbons (Fsp3) is 0.929. The highest BCUT2D eigenvalue weighted by molar-refractivity contribution is 5.83. The van der Waals surface area contributed by atoms with Gasteiger partial charge in [-0.2, -0.15) is 13.2 Å². The van der Waals surface area contributed by atoms with Gasteiger partial charge in [0.25, 0.3) is 0 Å². The van der Waals surface area contributed by atoms with Crippen LogP contribution in [-0.4, -0.2) is 67.7 Å². The molecule has 0 bridgehead atoms. The molecule has 2 rings (SSSR count). The van der Waals surface area contributed by atoms with E-state index in [9.17, 15) is 18.0 Å². The predicted molar refractivity (Wildman–Crippen MR) is 73.9 cm³/mol. The quantitative estimate of drug-likeness (QED) is 0.858. The zero-order chi connectivity index (χ0) is 15.5. The van der Waals surface area contributed by atoms with E-state index in [4.69, 9.17) is 0 Å². The molecule has 4 nitrogen and oxygen atoms in total. The van der Waals surface area contributed by atoms with Crippen LogP contribution < -0.4 is 5.32 Å². The van der Waals surface area contributed by atoms with Gasteiger partial charge in [-0.3, -0.25) is 9.69 Å². The molecule has 122 valence electrons. The first-order chi connectivity index (χ1) is 9.86. The molecule has 1 atom stereocenters. The van der Waals surface area contributed by atoms with Crippen molar-refractivity contribution in [3.05, 3.63) is 0 Å². The van der Waals surface area contributed by atoms with Gasteiger partial charge in [0, 0.05) is 32.7 Å². The summed E-state index contributed by atoms with van der Waals surface area (Å²) in [6.07, 6.45) is -1.53. The minimum Gasteiger partial charge on any atom is -0.340 e. The minimum absolute atomic E-state index is 0.115. The van der Waals surface area contributed by atoms with Crippen LogP contribution in [0.4, 0.5) is 13.2 Å². The van der Waals surface area contributed by atoms with Crippen molar-refractivity contribution in [3.8, 4) is 0 Å². The van der Waals surface area contributed by atoms with Crippen molar-refractivity contribution in [3.63, 3.8) is 0 Å². The van der Waals surface area contributed by atoms with Crippen molar-refractivity contribution in [1.29, 1.82) is 0 Å². The molecule has 0 saturated carbocycles. The molecule has 2 heterocycles. The fourth-order valence-corrected chi connectivity index (χ4v) is 3.30. The van der Waals surface area contributed by atoms with Crippen molar-refractivity contribution in [2.24, 2.45) is 5.41 Å². The van der Waals surface area contributed by atoms with Gasteiger partial charge in [-0.05, 0) is 25.8 Å². The molecule has 1 N–H and O–H groups in total. The molecule has 21 heavy (non-hydrogen) atoms. The van der Waals surface area contributed by atoms with Crippen LogP contribution in [0.2, 0.25) is 0 Å². The SMILES string of the molecule is CCC1(C(=O)N2CCN(CC(F)(F)F)CC2)CCCNC1. The van der Waals surface area contributed by atoms with Gasteiger partial charge in [-0.1, -0.05) is 6.92 Å². The second-order valence-corrected chi connectivity index (χ2v) is 6.10. The van der Waals surface area contributed by atoms with Crippen molar-refractivity contribution < 1.29 is 18.0 Å². The molecule has 0 aliphatic carbocycles. The number of piperazine rings is 1. The number of alkyl halides is 3. The highest BCUT2D eigenvalue weighted by Gasteiger charge is 2.41. The number of rotatable bonds is 3.